The Balaban J connectivity index is 1.88. The molecule has 0 aliphatic carbocycles. The van der Waals surface area contributed by atoms with E-state index in [1.54, 1.807) is 36.4 Å². The number of carbonyl (C=O) groups is 1. The topological polar surface area (TPSA) is 84.8 Å². The molecule has 0 fully saturated rings. The first kappa shape index (κ1) is 26.0. The molecule has 4 aromatic carbocycles. The first-order valence-corrected chi connectivity index (χ1v) is 13.3. The van der Waals surface area contributed by atoms with Gasteiger partial charge in [0.15, 0.2) is 6.04 Å². The normalized spacial score (nSPS) is 12.8. The Bertz CT molecular complexity index is 1410. The zero-order valence-corrected chi connectivity index (χ0v) is 21.4. The lowest BCUT2D eigenvalue weighted by Crippen LogP contribution is -2.40. The number of aryl methyl sites for hydroxylation is 1. The van der Waals surface area contributed by atoms with E-state index >= 15 is 0 Å². The largest absolute Gasteiger partial charge is 0.467 e. The van der Waals surface area contributed by atoms with Crippen molar-refractivity contribution in [2.75, 3.05) is 7.11 Å². The number of sulfonamides is 1. The van der Waals surface area contributed by atoms with Crippen molar-refractivity contribution >= 4 is 21.7 Å². The fourth-order valence-electron chi connectivity index (χ4n) is 3.96. The molecule has 0 heterocycles. The van der Waals surface area contributed by atoms with E-state index in [-0.39, 0.29) is 4.90 Å². The van der Waals surface area contributed by atoms with E-state index < -0.39 is 28.1 Å². The molecule has 0 amide bonds. The third kappa shape index (κ3) is 6.39. The van der Waals surface area contributed by atoms with Gasteiger partial charge in [-0.2, -0.15) is 0 Å². The Morgan fingerprint density at radius 1 is 0.757 bits per heavy atom. The smallest absolute Gasteiger partial charge is 0.332 e. The molecular formula is C30H28N2O4S. The van der Waals surface area contributed by atoms with Crippen LogP contribution in [0.25, 0.3) is 0 Å². The number of methoxy groups -OCH3 is 1. The summed E-state index contributed by atoms with van der Waals surface area (Å²) in [5.74, 6) is -0.662. The van der Waals surface area contributed by atoms with Crippen molar-refractivity contribution in [3.05, 3.63) is 138 Å². The van der Waals surface area contributed by atoms with Gasteiger partial charge in [0.25, 0.3) is 0 Å². The molecule has 7 heteroatoms. The van der Waals surface area contributed by atoms with Crippen LogP contribution in [0.4, 0.5) is 0 Å². The van der Waals surface area contributed by atoms with Gasteiger partial charge in [0, 0.05) is 11.1 Å². The molecule has 6 nitrogen and oxygen atoms in total. The lowest BCUT2D eigenvalue weighted by atomic mass is 9.98. The minimum atomic E-state index is -4.00. The molecular weight excluding hydrogens is 484 g/mol. The third-order valence-electron chi connectivity index (χ3n) is 5.89. The first-order chi connectivity index (χ1) is 17.9. The van der Waals surface area contributed by atoms with Crippen molar-refractivity contribution < 1.29 is 17.9 Å². The van der Waals surface area contributed by atoms with E-state index in [0.717, 1.165) is 16.7 Å². The van der Waals surface area contributed by atoms with Gasteiger partial charge in [0.05, 0.1) is 23.8 Å². The van der Waals surface area contributed by atoms with Crippen molar-refractivity contribution in [3.63, 3.8) is 0 Å². The van der Waals surface area contributed by atoms with Gasteiger partial charge < -0.3 is 4.74 Å². The highest BCUT2D eigenvalue weighted by Gasteiger charge is 2.34. The molecule has 0 bridgehead atoms. The summed E-state index contributed by atoms with van der Waals surface area (Å²) in [5, 5.41) is 0. The van der Waals surface area contributed by atoms with Crippen LogP contribution in [0.2, 0.25) is 0 Å². The zero-order chi connectivity index (χ0) is 26.3. The highest BCUT2D eigenvalue weighted by molar-refractivity contribution is 7.89. The average Bonchev–Trinajstić information content (AvgIpc) is 2.94. The molecule has 0 saturated carbocycles. The van der Waals surface area contributed by atoms with E-state index in [4.69, 9.17) is 9.73 Å². The van der Waals surface area contributed by atoms with E-state index in [9.17, 15) is 13.2 Å². The van der Waals surface area contributed by atoms with Crippen LogP contribution in [-0.2, 0) is 19.6 Å². The second-order valence-corrected chi connectivity index (χ2v) is 10.2. The number of rotatable bonds is 9. The number of hydrogen-bond acceptors (Lipinski definition) is 5. The number of hydrogen-bond donors (Lipinski definition) is 1. The summed E-state index contributed by atoms with van der Waals surface area (Å²) >= 11 is 0. The number of nitrogens with one attached hydrogen (secondary N) is 1. The quantitative estimate of drug-likeness (QED) is 0.250. The minimum Gasteiger partial charge on any atom is -0.467 e. The van der Waals surface area contributed by atoms with Crippen molar-refractivity contribution in [2.45, 2.75) is 23.9 Å². The van der Waals surface area contributed by atoms with Gasteiger partial charge >= 0.3 is 5.97 Å². The fourth-order valence-corrected chi connectivity index (χ4v) is 5.19. The van der Waals surface area contributed by atoms with Crippen LogP contribution in [0.5, 0.6) is 0 Å². The van der Waals surface area contributed by atoms with Crippen LogP contribution in [0, 0.1) is 6.92 Å². The predicted octanol–water partition coefficient (Wildman–Crippen LogP) is 5.09. The Kier molecular flexibility index (Phi) is 8.28. The molecule has 0 unspecified atom stereocenters. The third-order valence-corrected chi connectivity index (χ3v) is 7.35. The monoisotopic (exact) mass is 512 g/mol. The molecule has 1 N–H and O–H groups in total. The van der Waals surface area contributed by atoms with Gasteiger partial charge in [-0.1, -0.05) is 109 Å². The Morgan fingerprint density at radius 2 is 1.24 bits per heavy atom. The van der Waals surface area contributed by atoms with Crippen LogP contribution < -0.4 is 4.72 Å². The second kappa shape index (κ2) is 11.8. The SMILES string of the molecule is COC(=O)[C@H](N=C(c1ccccc1)c1ccccc1)[C@H](NS(=O)(=O)c1ccc(C)cc1)c1ccccc1. The summed E-state index contributed by atoms with van der Waals surface area (Å²) in [5.41, 5.74) is 3.64. The van der Waals surface area contributed by atoms with Crippen molar-refractivity contribution in [1.29, 1.82) is 0 Å². The Morgan fingerprint density at radius 3 is 1.73 bits per heavy atom. The summed E-state index contributed by atoms with van der Waals surface area (Å²) in [6.45, 7) is 1.88. The van der Waals surface area contributed by atoms with Gasteiger partial charge in [-0.15, -0.1) is 0 Å². The van der Waals surface area contributed by atoms with E-state index in [2.05, 4.69) is 4.72 Å². The standard InChI is InChI=1S/C30H28N2O4S/c1-22-18-20-26(21-19-22)37(34,35)32-28(25-16-10-5-11-17-25)29(30(33)36-2)31-27(23-12-6-3-7-13-23)24-14-8-4-9-15-24/h3-21,28-29,32H,1-2H3/t28-,29-/m1/s1. The number of benzene rings is 4. The molecule has 4 rings (SSSR count). The summed E-state index contributed by atoms with van der Waals surface area (Å²) < 4.78 is 34.8. The van der Waals surface area contributed by atoms with Gasteiger partial charge in [0.1, 0.15) is 0 Å². The number of ether oxygens (including phenoxy) is 1. The van der Waals surface area contributed by atoms with Gasteiger partial charge in [-0.05, 0) is 24.6 Å². The molecule has 2 atom stereocenters. The van der Waals surface area contributed by atoms with Crippen LogP contribution in [0.3, 0.4) is 0 Å². The molecule has 0 aliphatic heterocycles. The molecule has 4 aromatic rings. The molecule has 0 radical (unpaired) electrons. The Labute approximate surface area is 217 Å². The molecule has 0 aromatic heterocycles. The number of aliphatic imine (C=N–C) groups is 1. The second-order valence-electron chi connectivity index (χ2n) is 8.50. The highest BCUT2D eigenvalue weighted by Crippen LogP contribution is 2.26. The lowest BCUT2D eigenvalue weighted by molar-refractivity contribution is -0.142. The molecule has 0 aliphatic rings. The average molecular weight is 513 g/mol. The summed E-state index contributed by atoms with van der Waals surface area (Å²) in [4.78, 5) is 18.2. The van der Waals surface area contributed by atoms with Crippen LogP contribution in [0.15, 0.2) is 125 Å². The van der Waals surface area contributed by atoms with Gasteiger partial charge in [-0.25, -0.2) is 17.9 Å². The van der Waals surface area contributed by atoms with Gasteiger partial charge in [-0.3, -0.25) is 4.99 Å². The van der Waals surface area contributed by atoms with E-state index in [0.29, 0.717) is 11.3 Å². The Hall–Kier alpha value is -4.07. The number of nitrogens with zero attached hydrogens (tertiary/aromatic N) is 1. The van der Waals surface area contributed by atoms with Crippen molar-refractivity contribution in [2.24, 2.45) is 4.99 Å². The molecule has 37 heavy (non-hydrogen) atoms. The van der Waals surface area contributed by atoms with Crippen molar-refractivity contribution in [1.82, 2.24) is 4.72 Å². The molecule has 0 saturated heterocycles. The molecule has 0 spiro atoms. The predicted molar refractivity (Wildman–Crippen MR) is 145 cm³/mol. The van der Waals surface area contributed by atoms with E-state index in [1.807, 2.05) is 73.7 Å². The van der Waals surface area contributed by atoms with E-state index in [1.165, 1.54) is 19.2 Å². The van der Waals surface area contributed by atoms with Crippen LogP contribution in [0.1, 0.15) is 28.3 Å². The lowest BCUT2D eigenvalue weighted by Gasteiger charge is -2.25. The maximum atomic E-state index is 13.5. The van der Waals surface area contributed by atoms with Crippen LogP contribution >= 0.6 is 0 Å². The summed E-state index contributed by atoms with van der Waals surface area (Å²) in [7, 11) is -2.73. The number of esters is 1. The van der Waals surface area contributed by atoms with Crippen molar-refractivity contribution in [3.8, 4) is 0 Å². The number of carbonyl (C=O) groups excluding carboxylic acids is 1. The maximum absolute atomic E-state index is 13.5. The summed E-state index contributed by atoms with van der Waals surface area (Å²) in [6.07, 6.45) is 0. The highest BCUT2D eigenvalue weighted by atomic mass is 32.2. The van der Waals surface area contributed by atoms with Crippen LogP contribution in [-0.4, -0.2) is 33.3 Å². The maximum Gasteiger partial charge on any atom is 0.332 e. The first-order valence-electron chi connectivity index (χ1n) is 11.8. The fraction of sp³-hybridized carbons (Fsp3) is 0.133. The summed E-state index contributed by atoms with van der Waals surface area (Å²) in [6, 6.07) is 32.1. The van der Waals surface area contributed by atoms with Gasteiger partial charge in [0.2, 0.25) is 10.0 Å². The zero-order valence-electron chi connectivity index (χ0n) is 20.6. The minimum absolute atomic E-state index is 0.0953. The molecule has 188 valence electrons.